The maximum Gasteiger partial charge on any atom is 0.287 e. The summed E-state index contributed by atoms with van der Waals surface area (Å²) in [4.78, 5) is 23.8. The molecule has 0 fully saturated rings. The average molecular weight is 260 g/mol. The number of isocyanates is 1. The molecular weight excluding hydrogens is 257 g/mol. The molecule has 13 heavy (non-hydrogen) atoms. The Balaban J connectivity index is 3.15. The molecule has 5 heteroatoms. The van der Waals surface area contributed by atoms with Crippen LogP contribution in [0.2, 0.25) is 5.02 Å². The summed E-state index contributed by atoms with van der Waals surface area (Å²) in [5.74, 6) is -0.654. The van der Waals surface area contributed by atoms with Gasteiger partial charge in [0.15, 0.2) is 0 Å². The highest BCUT2D eigenvalue weighted by Gasteiger charge is 2.05. The Morgan fingerprint density at radius 3 is 2.69 bits per heavy atom. The first-order chi connectivity index (χ1) is 6.13. The summed E-state index contributed by atoms with van der Waals surface area (Å²) in [6.07, 6.45) is 1.17. The standard InChI is InChI=1S/C8H3BrClNO2/c9-6-1-5(2-7(10)3-6)8(13)11-4-12/h1-3H. The quantitative estimate of drug-likeness (QED) is 0.575. The van der Waals surface area contributed by atoms with Gasteiger partial charge in [-0.1, -0.05) is 27.5 Å². The van der Waals surface area contributed by atoms with Gasteiger partial charge in [0.05, 0.1) is 0 Å². The van der Waals surface area contributed by atoms with Gasteiger partial charge in [-0.3, -0.25) is 4.79 Å². The summed E-state index contributed by atoms with van der Waals surface area (Å²) >= 11 is 8.83. The summed E-state index contributed by atoms with van der Waals surface area (Å²) in [6, 6.07) is 4.58. The molecule has 1 aromatic carbocycles. The fourth-order valence-corrected chi connectivity index (χ4v) is 1.64. The van der Waals surface area contributed by atoms with Gasteiger partial charge in [0, 0.05) is 15.1 Å². The smallest absolute Gasteiger partial charge is 0.266 e. The fraction of sp³-hybridized carbons (Fsp3) is 0. The first-order valence-electron chi connectivity index (χ1n) is 3.22. The Bertz CT molecular complexity index is 379. The second kappa shape index (κ2) is 4.33. The minimum atomic E-state index is -0.654. The van der Waals surface area contributed by atoms with Crippen LogP contribution in [0.5, 0.6) is 0 Å². The van der Waals surface area contributed by atoms with Crippen molar-refractivity contribution in [2.75, 3.05) is 0 Å². The molecule has 1 amide bonds. The molecule has 0 N–H and O–H groups in total. The van der Waals surface area contributed by atoms with Crippen molar-refractivity contribution in [2.24, 2.45) is 4.99 Å². The van der Waals surface area contributed by atoms with Crippen LogP contribution in [0.3, 0.4) is 0 Å². The van der Waals surface area contributed by atoms with Gasteiger partial charge in [0.2, 0.25) is 6.08 Å². The third-order valence-electron chi connectivity index (χ3n) is 1.26. The maximum absolute atomic E-state index is 11.0. The number of hydrogen-bond donors (Lipinski definition) is 0. The topological polar surface area (TPSA) is 46.5 Å². The predicted octanol–water partition coefficient (Wildman–Crippen LogP) is 2.58. The fourth-order valence-electron chi connectivity index (χ4n) is 0.783. The molecule has 0 radical (unpaired) electrons. The second-order valence-corrected chi connectivity index (χ2v) is 3.52. The largest absolute Gasteiger partial charge is 0.287 e. The van der Waals surface area contributed by atoms with E-state index in [1.54, 1.807) is 6.07 Å². The van der Waals surface area contributed by atoms with Crippen molar-refractivity contribution in [3.8, 4) is 0 Å². The monoisotopic (exact) mass is 259 g/mol. The molecular formula is C8H3BrClNO2. The molecule has 0 atom stereocenters. The number of benzene rings is 1. The Labute approximate surface area is 87.6 Å². The van der Waals surface area contributed by atoms with Gasteiger partial charge in [-0.2, -0.15) is 0 Å². The highest BCUT2D eigenvalue weighted by molar-refractivity contribution is 9.10. The lowest BCUT2D eigenvalue weighted by atomic mass is 10.2. The van der Waals surface area contributed by atoms with Gasteiger partial charge in [-0.15, -0.1) is 4.99 Å². The van der Waals surface area contributed by atoms with E-state index in [9.17, 15) is 9.59 Å². The van der Waals surface area contributed by atoms with Crippen molar-refractivity contribution in [1.82, 2.24) is 0 Å². The first-order valence-corrected chi connectivity index (χ1v) is 4.39. The zero-order chi connectivity index (χ0) is 9.84. The molecule has 0 aliphatic rings. The van der Waals surface area contributed by atoms with Crippen molar-refractivity contribution < 1.29 is 9.59 Å². The average Bonchev–Trinajstić information content (AvgIpc) is 2.03. The van der Waals surface area contributed by atoms with Crippen LogP contribution < -0.4 is 0 Å². The third kappa shape index (κ3) is 2.77. The predicted molar refractivity (Wildman–Crippen MR) is 51.6 cm³/mol. The molecule has 66 valence electrons. The first kappa shape index (κ1) is 10.1. The van der Waals surface area contributed by atoms with Gasteiger partial charge in [0.25, 0.3) is 5.91 Å². The number of halogens is 2. The number of amides is 1. The molecule has 0 aliphatic carbocycles. The Hall–Kier alpha value is -0.960. The third-order valence-corrected chi connectivity index (χ3v) is 1.93. The van der Waals surface area contributed by atoms with E-state index in [1.165, 1.54) is 18.2 Å². The highest BCUT2D eigenvalue weighted by atomic mass is 79.9. The van der Waals surface area contributed by atoms with E-state index in [1.807, 2.05) is 0 Å². The van der Waals surface area contributed by atoms with Crippen molar-refractivity contribution in [3.05, 3.63) is 33.3 Å². The van der Waals surface area contributed by atoms with Crippen LogP contribution in [0.1, 0.15) is 10.4 Å². The van der Waals surface area contributed by atoms with Crippen LogP contribution in [0, 0.1) is 0 Å². The summed E-state index contributed by atoms with van der Waals surface area (Å²) in [5, 5.41) is 0.402. The highest BCUT2D eigenvalue weighted by Crippen LogP contribution is 2.19. The zero-order valence-electron chi connectivity index (χ0n) is 6.25. The van der Waals surface area contributed by atoms with E-state index < -0.39 is 5.91 Å². The Morgan fingerprint density at radius 1 is 1.46 bits per heavy atom. The number of rotatable bonds is 1. The number of aliphatic imine (C=N–C) groups is 1. The van der Waals surface area contributed by atoms with Crippen LogP contribution >= 0.6 is 27.5 Å². The Kier molecular flexibility index (Phi) is 3.37. The molecule has 0 unspecified atom stereocenters. The Morgan fingerprint density at radius 2 is 2.15 bits per heavy atom. The van der Waals surface area contributed by atoms with Crippen molar-refractivity contribution >= 4 is 39.5 Å². The molecule has 0 spiro atoms. The van der Waals surface area contributed by atoms with Crippen LogP contribution in [0.4, 0.5) is 0 Å². The number of carbonyl (C=O) groups is 1. The zero-order valence-corrected chi connectivity index (χ0v) is 8.59. The number of nitrogens with zero attached hydrogens (tertiary/aromatic N) is 1. The van der Waals surface area contributed by atoms with E-state index >= 15 is 0 Å². The van der Waals surface area contributed by atoms with Crippen LogP contribution in [-0.4, -0.2) is 12.0 Å². The minimum absolute atomic E-state index is 0.253. The van der Waals surface area contributed by atoms with E-state index in [-0.39, 0.29) is 5.56 Å². The van der Waals surface area contributed by atoms with Gasteiger partial charge >= 0.3 is 0 Å². The SMILES string of the molecule is O=C=NC(=O)c1cc(Cl)cc(Br)c1. The van der Waals surface area contributed by atoms with E-state index in [2.05, 4.69) is 20.9 Å². The molecule has 0 bridgehead atoms. The minimum Gasteiger partial charge on any atom is -0.266 e. The van der Waals surface area contributed by atoms with Crippen molar-refractivity contribution in [3.63, 3.8) is 0 Å². The lowest BCUT2D eigenvalue weighted by Gasteiger charge is -1.96. The lowest BCUT2D eigenvalue weighted by molar-refractivity contribution is 0.100. The number of carbonyl (C=O) groups excluding carboxylic acids is 2. The van der Waals surface area contributed by atoms with E-state index in [4.69, 9.17) is 11.6 Å². The molecule has 1 rings (SSSR count). The van der Waals surface area contributed by atoms with Gasteiger partial charge in [0.1, 0.15) is 0 Å². The van der Waals surface area contributed by atoms with Gasteiger partial charge < -0.3 is 0 Å². The lowest BCUT2D eigenvalue weighted by Crippen LogP contribution is -1.93. The summed E-state index contributed by atoms with van der Waals surface area (Å²) in [5.41, 5.74) is 0.253. The number of hydrogen-bond acceptors (Lipinski definition) is 2. The molecule has 3 nitrogen and oxygen atoms in total. The van der Waals surface area contributed by atoms with Crippen LogP contribution in [0.25, 0.3) is 0 Å². The van der Waals surface area contributed by atoms with E-state index in [0.717, 1.165) is 0 Å². The summed E-state index contributed by atoms with van der Waals surface area (Å²) in [7, 11) is 0. The van der Waals surface area contributed by atoms with E-state index in [0.29, 0.717) is 9.50 Å². The van der Waals surface area contributed by atoms with Gasteiger partial charge in [-0.25, -0.2) is 4.79 Å². The maximum atomic E-state index is 11.0. The molecule has 0 heterocycles. The van der Waals surface area contributed by atoms with Crippen molar-refractivity contribution in [1.29, 1.82) is 0 Å². The van der Waals surface area contributed by atoms with Gasteiger partial charge in [-0.05, 0) is 18.2 Å². The normalized spacial score (nSPS) is 9.08. The molecule has 0 aromatic heterocycles. The summed E-state index contributed by atoms with van der Waals surface area (Å²) in [6.45, 7) is 0. The molecule has 1 aromatic rings. The molecule has 0 saturated heterocycles. The summed E-state index contributed by atoms with van der Waals surface area (Å²) < 4.78 is 0.657. The second-order valence-electron chi connectivity index (χ2n) is 2.17. The van der Waals surface area contributed by atoms with Crippen LogP contribution in [0.15, 0.2) is 27.7 Å². The van der Waals surface area contributed by atoms with Crippen LogP contribution in [-0.2, 0) is 4.79 Å². The molecule has 0 aliphatic heterocycles. The molecule has 0 saturated carbocycles. The van der Waals surface area contributed by atoms with Crippen molar-refractivity contribution in [2.45, 2.75) is 0 Å².